The van der Waals surface area contributed by atoms with E-state index in [1.807, 2.05) is 30.3 Å². The van der Waals surface area contributed by atoms with Gasteiger partial charge >= 0.3 is 6.03 Å². The Labute approximate surface area is 113 Å². The minimum Gasteiger partial charge on any atom is -0.387 e. The third-order valence-corrected chi connectivity index (χ3v) is 3.53. The van der Waals surface area contributed by atoms with E-state index in [1.165, 1.54) is 0 Å². The molecule has 5 heteroatoms. The molecule has 0 aromatic heterocycles. The van der Waals surface area contributed by atoms with Crippen LogP contribution in [0.1, 0.15) is 24.8 Å². The van der Waals surface area contributed by atoms with Crippen molar-refractivity contribution in [3.63, 3.8) is 0 Å². The summed E-state index contributed by atoms with van der Waals surface area (Å²) in [5.41, 5.74) is 6.60. The summed E-state index contributed by atoms with van der Waals surface area (Å²) in [7, 11) is 0. The molecule has 1 aliphatic rings. The number of benzene rings is 1. The van der Waals surface area contributed by atoms with Gasteiger partial charge in [-0.1, -0.05) is 36.8 Å². The van der Waals surface area contributed by atoms with Crippen molar-refractivity contribution in [2.45, 2.75) is 31.8 Å². The molecule has 19 heavy (non-hydrogen) atoms. The van der Waals surface area contributed by atoms with Gasteiger partial charge in [0.05, 0.1) is 5.84 Å². The Hall–Kier alpha value is -2.04. The summed E-state index contributed by atoms with van der Waals surface area (Å²) in [5, 5.41) is 13.2. The van der Waals surface area contributed by atoms with Crippen LogP contribution in [-0.2, 0) is 6.54 Å². The number of amides is 2. The van der Waals surface area contributed by atoms with Crippen LogP contribution in [0.4, 0.5) is 4.79 Å². The van der Waals surface area contributed by atoms with Crippen molar-refractivity contribution in [2.24, 2.45) is 11.7 Å². The number of urea groups is 1. The number of nitrogens with two attached hydrogens (primary N) is 1. The zero-order valence-corrected chi connectivity index (χ0v) is 10.9. The Morgan fingerprint density at radius 1 is 1.32 bits per heavy atom. The Kier molecular flexibility index (Phi) is 4.39. The van der Waals surface area contributed by atoms with Crippen molar-refractivity contribution >= 4 is 11.9 Å². The van der Waals surface area contributed by atoms with Crippen molar-refractivity contribution in [3.05, 3.63) is 35.9 Å². The van der Waals surface area contributed by atoms with E-state index in [0.29, 0.717) is 6.54 Å². The fraction of sp³-hybridized carbons (Fsp3) is 0.429. The van der Waals surface area contributed by atoms with Crippen LogP contribution < -0.4 is 16.4 Å². The van der Waals surface area contributed by atoms with E-state index in [2.05, 4.69) is 10.6 Å². The average molecular weight is 260 g/mol. The Morgan fingerprint density at radius 3 is 2.74 bits per heavy atom. The summed E-state index contributed by atoms with van der Waals surface area (Å²) in [6.45, 7) is 0.504. The second-order valence-corrected chi connectivity index (χ2v) is 4.91. The lowest BCUT2D eigenvalue weighted by atomic mass is 10.0. The van der Waals surface area contributed by atoms with E-state index in [9.17, 15) is 4.79 Å². The van der Waals surface area contributed by atoms with Gasteiger partial charge in [0.15, 0.2) is 0 Å². The maximum absolute atomic E-state index is 11.8. The van der Waals surface area contributed by atoms with Crippen molar-refractivity contribution in [2.75, 3.05) is 0 Å². The molecular weight excluding hydrogens is 240 g/mol. The molecule has 0 bridgehead atoms. The number of rotatable bonds is 4. The maximum atomic E-state index is 11.8. The molecule has 1 saturated carbocycles. The summed E-state index contributed by atoms with van der Waals surface area (Å²) >= 11 is 0. The molecule has 0 spiro atoms. The summed E-state index contributed by atoms with van der Waals surface area (Å²) in [6, 6.07) is 9.56. The highest BCUT2D eigenvalue weighted by molar-refractivity contribution is 5.82. The van der Waals surface area contributed by atoms with Crippen LogP contribution in [0.25, 0.3) is 0 Å². The van der Waals surface area contributed by atoms with Gasteiger partial charge in [-0.15, -0.1) is 0 Å². The van der Waals surface area contributed by atoms with Gasteiger partial charge in [0, 0.05) is 18.5 Å². The molecule has 102 valence electrons. The number of carbonyl (C=O) groups is 1. The highest BCUT2D eigenvalue weighted by Crippen LogP contribution is 2.25. The largest absolute Gasteiger partial charge is 0.387 e. The Bertz CT molecular complexity index is 446. The zero-order chi connectivity index (χ0) is 13.7. The fourth-order valence-corrected chi connectivity index (χ4v) is 2.50. The fourth-order valence-electron chi connectivity index (χ4n) is 2.50. The van der Waals surface area contributed by atoms with E-state index in [1.54, 1.807) is 0 Å². The number of hydrogen-bond acceptors (Lipinski definition) is 2. The van der Waals surface area contributed by atoms with E-state index in [0.717, 1.165) is 24.8 Å². The molecule has 2 atom stereocenters. The van der Waals surface area contributed by atoms with E-state index in [4.69, 9.17) is 11.1 Å². The number of amidine groups is 1. The molecule has 2 unspecified atom stereocenters. The second kappa shape index (κ2) is 6.22. The van der Waals surface area contributed by atoms with Crippen LogP contribution >= 0.6 is 0 Å². The monoisotopic (exact) mass is 260 g/mol. The molecular formula is C14H20N4O. The molecule has 2 amide bonds. The van der Waals surface area contributed by atoms with E-state index < -0.39 is 0 Å². The molecule has 1 aromatic rings. The average Bonchev–Trinajstić information content (AvgIpc) is 2.86. The van der Waals surface area contributed by atoms with Gasteiger partial charge in [0.25, 0.3) is 0 Å². The molecule has 5 nitrogen and oxygen atoms in total. The van der Waals surface area contributed by atoms with Crippen LogP contribution in [0.5, 0.6) is 0 Å². The van der Waals surface area contributed by atoms with Gasteiger partial charge in [-0.2, -0.15) is 0 Å². The highest BCUT2D eigenvalue weighted by Gasteiger charge is 2.30. The first-order valence-corrected chi connectivity index (χ1v) is 6.59. The summed E-state index contributed by atoms with van der Waals surface area (Å²) < 4.78 is 0. The SMILES string of the molecule is N=C(N)C1CCCC1NC(=O)NCc1ccccc1. The Balaban J connectivity index is 1.80. The third kappa shape index (κ3) is 3.71. The topological polar surface area (TPSA) is 91.0 Å². The lowest BCUT2D eigenvalue weighted by Crippen LogP contribution is -2.46. The van der Waals surface area contributed by atoms with Gasteiger partial charge in [0.1, 0.15) is 0 Å². The van der Waals surface area contributed by atoms with Crippen LogP contribution in [0.2, 0.25) is 0 Å². The first-order chi connectivity index (χ1) is 9.16. The Morgan fingerprint density at radius 2 is 2.05 bits per heavy atom. The van der Waals surface area contributed by atoms with Gasteiger partial charge < -0.3 is 16.4 Å². The van der Waals surface area contributed by atoms with Crippen molar-refractivity contribution in [3.8, 4) is 0 Å². The van der Waals surface area contributed by atoms with Crippen molar-refractivity contribution < 1.29 is 4.79 Å². The van der Waals surface area contributed by atoms with Crippen LogP contribution in [0.15, 0.2) is 30.3 Å². The number of carbonyl (C=O) groups excluding carboxylic acids is 1. The molecule has 0 heterocycles. The van der Waals surface area contributed by atoms with Crippen LogP contribution in [-0.4, -0.2) is 17.9 Å². The van der Waals surface area contributed by atoms with Gasteiger partial charge in [-0.25, -0.2) is 4.79 Å². The molecule has 1 aliphatic carbocycles. The molecule has 5 N–H and O–H groups in total. The first-order valence-electron chi connectivity index (χ1n) is 6.59. The van der Waals surface area contributed by atoms with Crippen LogP contribution in [0, 0.1) is 11.3 Å². The molecule has 0 saturated heterocycles. The van der Waals surface area contributed by atoms with Crippen molar-refractivity contribution in [1.82, 2.24) is 10.6 Å². The number of nitrogens with one attached hydrogen (secondary N) is 3. The summed E-state index contributed by atoms with van der Waals surface area (Å²) in [5.74, 6) is 0.160. The molecule has 0 radical (unpaired) electrons. The van der Waals surface area contributed by atoms with Crippen molar-refractivity contribution in [1.29, 1.82) is 5.41 Å². The quantitative estimate of drug-likeness (QED) is 0.489. The standard InChI is InChI=1S/C14H20N4O/c15-13(16)11-7-4-8-12(11)18-14(19)17-9-10-5-2-1-3-6-10/h1-3,5-6,11-12H,4,7-9H2,(H3,15,16)(H2,17,18,19). The minimum absolute atomic E-state index is 0.00623. The molecule has 1 fully saturated rings. The lowest BCUT2D eigenvalue weighted by Gasteiger charge is -2.20. The first kappa shape index (κ1) is 13.4. The normalized spacial score (nSPS) is 21.9. The lowest BCUT2D eigenvalue weighted by molar-refractivity contribution is 0.235. The van der Waals surface area contributed by atoms with Gasteiger partial charge in [-0.3, -0.25) is 5.41 Å². The number of hydrogen-bond donors (Lipinski definition) is 4. The molecule has 1 aromatic carbocycles. The van der Waals surface area contributed by atoms with E-state index >= 15 is 0 Å². The molecule has 2 rings (SSSR count). The summed E-state index contributed by atoms with van der Waals surface area (Å²) in [6.07, 6.45) is 2.79. The maximum Gasteiger partial charge on any atom is 0.315 e. The van der Waals surface area contributed by atoms with Gasteiger partial charge in [-0.05, 0) is 18.4 Å². The van der Waals surface area contributed by atoms with Gasteiger partial charge in [0.2, 0.25) is 0 Å². The smallest absolute Gasteiger partial charge is 0.315 e. The zero-order valence-electron chi connectivity index (χ0n) is 10.9. The predicted octanol–water partition coefficient (Wildman–Crippen LogP) is 1.59. The second-order valence-electron chi connectivity index (χ2n) is 4.91. The predicted molar refractivity (Wildman–Crippen MR) is 74.9 cm³/mol. The third-order valence-electron chi connectivity index (χ3n) is 3.53. The van der Waals surface area contributed by atoms with E-state index in [-0.39, 0.29) is 23.8 Å². The minimum atomic E-state index is -0.193. The summed E-state index contributed by atoms with van der Waals surface area (Å²) in [4.78, 5) is 11.8. The molecule has 0 aliphatic heterocycles. The van der Waals surface area contributed by atoms with Crippen LogP contribution in [0.3, 0.4) is 0 Å². The highest BCUT2D eigenvalue weighted by atomic mass is 16.2.